The Hall–Kier alpha value is -1.89. The van der Waals surface area contributed by atoms with E-state index in [1.165, 1.54) is 10.8 Å². The van der Waals surface area contributed by atoms with Crippen molar-refractivity contribution in [3.8, 4) is 0 Å². The van der Waals surface area contributed by atoms with E-state index >= 15 is 0 Å². The number of carboxylic acid groups (broad SMARTS) is 1. The number of rotatable bonds is 4. The third-order valence-electron chi connectivity index (χ3n) is 3.11. The maximum atomic E-state index is 11.0. The maximum absolute atomic E-state index is 11.0. The normalized spacial score (nSPS) is 16.7. The number of ether oxygens (including phenoxy) is 1. The molecule has 7 heteroatoms. The van der Waals surface area contributed by atoms with Gasteiger partial charge in [0.05, 0.1) is 11.1 Å². The van der Waals surface area contributed by atoms with Crippen molar-refractivity contribution in [1.82, 2.24) is 4.57 Å². The van der Waals surface area contributed by atoms with Crippen molar-refractivity contribution < 1.29 is 19.6 Å². The third-order valence-corrected chi connectivity index (χ3v) is 3.11. The van der Waals surface area contributed by atoms with Gasteiger partial charge in [-0.1, -0.05) is 0 Å². The van der Waals surface area contributed by atoms with Crippen LogP contribution in [0.3, 0.4) is 0 Å². The van der Waals surface area contributed by atoms with Gasteiger partial charge < -0.3 is 14.4 Å². The SMILES string of the molecule is O=C(O)c1cc([N+](=O)[O-])cn1CC1CCOCC1. The van der Waals surface area contributed by atoms with Crippen molar-refractivity contribution in [3.05, 3.63) is 28.1 Å². The lowest BCUT2D eigenvalue weighted by Gasteiger charge is -2.22. The van der Waals surface area contributed by atoms with E-state index in [4.69, 9.17) is 9.84 Å². The Labute approximate surface area is 103 Å². The van der Waals surface area contributed by atoms with Crippen LogP contribution in [0.25, 0.3) is 0 Å². The van der Waals surface area contributed by atoms with Gasteiger partial charge >= 0.3 is 5.97 Å². The average molecular weight is 254 g/mol. The molecule has 1 saturated heterocycles. The second-order valence-electron chi connectivity index (χ2n) is 4.35. The Morgan fingerprint density at radius 1 is 1.56 bits per heavy atom. The van der Waals surface area contributed by atoms with E-state index in [1.54, 1.807) is 0 Å². The Kier molecular flexibility index (Phi) is 3.61. The first-order chi connectivity index (χ1) is 8.58. The molecule has 0 atom stereocenters. The summed E-state index contributed by atoms with van der Waals surface area (Å²) in [5.74, 6) is -0.834. The first kappa shape index (κ1) is 12.6. The van der Waals surface area contributed by atoms with Crippen molar-refractivity contribution in [2.24, 2.45) is 5.92 Å². The van der Waals surface area contributed by atoms with Crippen LogP contribution in [0.15, 0.2) is 12.3 Å². The molecule has 1 aliphatic heterocycles. The Bertz CT molecular complexity index is 462. The van der Waals surface area contributed by atoms with Crippen LogP contribution in [0.1, 0.15) is 23.3 Å². The zero-order valence-corrected chi connectivity index (χ0v) is 9.74. The molecule has 0 aliphatic carbocycles. The molecule has 1 aromatic heterocycles. The largest absolute Gasteiger partial charge is 0.477 e. The van der Waals surface area contributed by atoms with E-state index in [1.807, 2.05) is 0 Å². The number of aromatic nitrogens is 1. The summed E-state index contributed by atoms with van der Waals surface area (Å²) >= 11 is 0. The summed E-state index contributed by atoms with van der Waals surface area (Å²) in [6.45, 7) is 1.81. The first-order valence-corrected chi connectivity index (χ1v) is 5.73. The number of hydrogen-bond donors (Lipinski definition) is 1. The van der Waals surface area contributed by atoms with Gasteiger partial charge in [-0.3, -0.25) is 10.1 Å². The second kappa shape index (κ2) is 5.18. The predicted molar refractivity (Wildman–Crippen MR) is 61.6 cm³/mol. The lowest BCUT2D eigenvalue weighted by atomic mass is 10.0. The van der Waals surface area contributed by atoms with Crippen molar-refractivity contribution in [3.63, 3.8) is 0 Å². The number of carbonyl (C=O) groups is 1. The van der Waals surface area contributed by atoms with Gasteiger partial charge in [-0.25, -0.2) is 4.79 Å². The smallest absolute Gasteiger partial charge is 0.352 e. The Morgan fingerprint density at radius 3 is 2.78 bits per heavy atom. The Morgan fingerprint density at radius 2 is 2.22 bits per heavy atom. The van der Waals surface area contributed by atoms with Crippen LogP contribution >= 0.6 is 0 Å². The van der Waals surface area contributed by atoms with E-state index in [0.717, 1.165) is 18.9 Å². The molecule has 0 aromatic carbocycles. The predicted octanol–water partition coefficient (Wildman–Crippen LogP) is 1.52. The molecular weight excluding hydrogens is 240 g/mol. The molecule has 0 bridgehead atoms. The molecule has 7 nitrogen and oxygen atoms in total. The number of aromatic carboxylic acids is 1. The van der Waals surface area contributed by atoms with Gasteiger partial charge in [-0.2, -0.15) is 0 Å². The van der Waals surface area contributed by atoms with Crippen molar-refractivity contribution in [2.45, 2.75) is 19.4 Å². The number of carboxylic acids is 1. The summed E-state index contributed by atoms with van der Waals surface area (Å²) in [6, 6.07) is 1.10. The summed E-state index contributed by atoms with van der Waals surface area (Å²) in [5, 5.41) is 19.7. The van der Waals surface area contributed by atoms with E-state index in [-0.39, 0.29) is 11.4 Å². The summed E-state index contributed by atoms with van der Waals surface area (Å²) in [7, 11) is 0. The fraction of sp³-hybridized carbons (Fsp3) is 0.545. The van der Waals surface area contributed by atoms with Gasteiger partial charge in [-0.05, 0) is 18.8 Å². The average Bonchev–Trinajstić information content (AvgIpc) is 2.74. The molecule has 2 rings (SSSR count). The van der Waals surface area contributed by atoms with Crippen LogP contribution in [0.2, 0.25) is 0 Å². The minimum absolute atomic E-state index is 0.0341. The monoisotopic (exact) mass is 254 g/mol. The summed E-state index contributed by atoms with van der Waals surface area (Å²) in [4.78, 5) is 21.1. The van der Waals surface area contributed by atoms with Gasteiger partial charge in [-0.15, -0.1) is 0 Å². The third kappa shape index (κ3) is 2.67. The van der Waals surface area contributed by atoms with E-state index < -0.39 is 10.9 Å². The standard InChI is InChI=1S/C11H14N2O5/c14-11(15)10-5-9(13(16)17)7-12(10)6-8-1-3-18-4-2-8/h5,7-8H,1-4,6H2,(H,14,15). The molecule has 1 N–H and O–H groups in total. The molecule has 18 heavy (non-hydrogen) atoms. The van der Waals surface area contributed by atoms with Crippen molar-refractivity contribution in [1.29, 1.82) is 0 Å². The van der Waals surface area contributed by atoms with Crippen LogP contribution in [0.5, 0.6) is 0 Å². The fourth-order valence-electron chi connectivity index (χ4n) is 2.13. The van der Waals surface area contributed by atoms with Crippen LogP contribution in [-0.2, 0) is 11.3 Å². The molecule has 1 aliphatic rings. The van der Waals surface area contributed by atoms with Gasteiger partial charge in [0, 0.05) is 25.8 Å². The zero-order valence-electron chi connectivity index (χ0n) is 9.74. The highest BCUT2D eigenvalue weighted by Gasteiger charge is 2.22. The zero-order chi connectivity index (χ0) is 13.1. The number of hydrogen-bond acceptors (Lipinski definition) is 4. The van der Waals surface area contributed by atoms with Gasteiger partial charge in [0.25, 0.3) is 5.69 Å². The maximum Gasteiger partial charge on any atom is 0.352 e. The Balaban J connectivity index is 2.19. The molecular formula is C11H14N2O5. The molecule has 0 spiro atoms. The molecule has 2 heterocycles. The highest BCUT2D eigenvalue weighted by Crippen LogP contribution is 2.22. The van der Waals surface area contributed by atoms with Crippen molar-refractivity contribution in [2.75, 3.05) is 13.2 Å². The quantitative estimate of drug-likeness (QED) is 0.649. The van der Waals surface area contributed by atoms with Crippen LogP contribution in [0.4, 0.5) is 5.69 Å². The lowest BCUT2D eigenvalue weighted by molar-refractivity contribution is -0.384. The first-order valence-electron chi connectivity index (χ1n) is 5.73. The van der Waals surface area contributed by atoms with E-state index in [0.29, 0.717) is 25.7 Å². The highest BCUT2D eigenvalue weighted by molar-refractivity contribution is 5.86. The van der Waals surface area contributed by atoms with Gasteiger partial charge in [0.1, 0.15) is 5.69 Å². The number of nitrogens with zero attached hydrogens (tertiary/aromatic N) is 2. The molecule has 98 valence electrons. The highest BCUT2D eigenvalue weighted by atomic mass is 16.6. The summed E-state index contributed by atoms with van der Waals surface area (Å²) < 4.78 is 6.68. The van der Waals surface area contributed by atoms with Crippen LogP contribution < -0.4 is 0 Å². The van der Waals surface area contributed by atoms with Gasteiger partial charge in [0.2, 0.25) is 0 Å². The summed E-state index contributed by atoms with van der Waals surface area (Å²) in [6.07, 6.45) is 3.00. The summed E-state index contributed by atoms with van der Waals surface area (Å²) in [5.41, 5.74) is -0.215. The van der Waals surface area contributed by atoms with Crippen LogP contribution in [-0.4, -0.2) is 33.8 Å². The molecule has 0 saturated carbocycles. The molecule has 1 aromatic rings. The minimum atomic E-state index is -1.14. The molecule has 0 amide bonds. The van der Waals surface area contributed by atoms with E-state index in [2.05, 4.69) is 0 Å². The molecule has 0 radical (unpaired) electrons. The molecule has 1 fully saturated rings. The van der Waals surface area contributed by atoms with Gasteiger partial charge in [0.15, 0.2) is 0 Å². The van der Waals surface area contributed by atoms with Crippen LogP contribution in [0, 0.1) is 16.0 Å². The van der Waals surface area contributed by atoms with E-state index in [9.17, 15) is 14.9 Å². The topological polar surface area (TPSA) is 94.6 Å². The lowest BCUT2D eigenvalue weighted by Crippen LogP contribution is -2.21. The van der Waals surface area contributed by atoms with Crippen molar-refractivity contribution >= 4 is 11.7 Å². The molecule has 0 unspecified atom stereocenters. The second-order valence-corrected chi connectivity index (χ2v) is 4.35. The minimum Gasteiger partial charge on any atom is -0.477 e. The number of nitro groups is 1. The fourth-order valence-corrected chi connectivity index (χ4v) is 2.13.